The first-order valence-electron chi connectivity index (χ1n) is 11.3. The van der Waals surface area contributed by atoms with E-state index in [1.54, 1.807) is 0 Å². The Bertz CT molecular complexity index is 348. The molecule has 0 atom stereocenters. The van der Waals surface area contributed by atoms with Gasteiger partial charge in [0.05, 0.1) is 0 Å². The van der Waals surface area contributed by atoms with Crippen LogP contribution >= 0.6 is 0 Å². The van der Waals surface area contributed by atoms with Crippen molar-refractivity contribution in [1.82, 2.24) is 0 Å². The summed E-state index contributed by atoms with van der Waals surface area (Å²) in [4.78, 5) is 0. The lowest BCUT2D eigenvalue weighted by molar-refractivity contribution is 0.257. The second-order valence-electron chi connectivity index (χ2n) is 9.22. The molecule has 0 radical (unpaired) electrons. The summed E-state index contributed by atoms with van der Waals surface area (Å²) in [5.41, 5.74) is 0. The highest BCUT2D eigenvalue weighted by atomic mass is 28.5. The van der Waals surface area contributed by atoms with Gasteiger partial charge in [-0.25, -0.2) is 0 Å². The van der Waals surface area contributed by atoms with Crippen LogP contribution in [0.25, 0.3) is 0 Å². The molecule has 176 valence electrons. The van der Waals surface area contributed by atoms with Crippen molar-refractivity contribution in [1.29, 1.82) is 0 Å². The molecule has 6 nitrogen and oxygen atoms in total. The molecule has 14 heteroatoms. The zero-order chi connectivity index (χ0) is 22.8. The van der Waals surface area contributed by atoms with Crippen molar-refractivity contribution < 1.29 is 24.7 Å². The first-order valence-corrected chi connectivity index (χ1v) is 31.8. The summed E-state index contributed by atoms with van der Waals surface area (Å²) in [6.07, 6.45) is 0.936. The van der Waals surface area contributed by atoms with Crippen LogP contribution in [-0.4, -0.2) is 71.9 Å². The monoisotopic (exact) mass is 548 g/mol. The van der Waals surface area contributed by atoms with E-state index in [1.165, 1.54) is 0 Å². The summed E-state index contributed by atoms with van der Waals surface area (Å²) >= 11 is 0. The topological polar surface area (TPSA) is 55.4 Å². The van der Waals surface area contributed by atoms with E-state index < -0.39 is 71.9 Å². The van der Waals surface area contributed by atoms with Gasteiger partial charge < -0.3 is 24.7 Å². The third kappa shape index (κ3) is 14.3. The maximum atomic E-state index is 6.54. The van der Waals surface area contributed by atoms with Gasteiger partial charge in [0, 0.05) is 12.1 Å². The standard InChI is InChI=1S/C15H48O6Si8/c1-22(2)16-28(17-23(3)4,18-24(5)6)14-13-15-29(19-25(7)8,20-26(9)10)21-27(11)12/h22-27H,13-15H2,1-12H3. The fourth-order valence-electron chi connectivity index (χ4n) is 3.20. The maximum absolute atomic E-state index is 6.54. The van der Waals surface area contributed by atoms with Crippen molar-refractivity contribution in [2.24, 2.45) is 0 Å². The number of rotatable bonds is 16. The van der Waals surface area contributed by atoms with Crippen LogP contribution in [0.3, 0.4) is 0 Å². The minimum Gasteiger partial charge on any atom is -0.420 e. The summed E-state index contributed by atoms with van der Waals surface area (Å²) < 4.78 is 39.2. The Morgan fingerprint density at radius 3 is 0.690 bits per heavy atom. The molecule has 0 rings (SSSR count). The SMILES string of the molecule is C[SiH](C)O[Si](CCC[Si](O[SiH](C)C)(O[SiH](C)C)O[SiH](C)C)(O[SiH](C)C)O[SiH](C)C. The predicted molar refractivity (Wildman–Crippen MR) is 146 cm³/mol. The van der Waals surface area contributed by atoms with Gasteiger partial charge in [-0.3, -0.25) is 0 Å². The van der Waals surface area contributed by atoms with Crippen molar-refractivity contribution in [2.75, 3.05) is 0 Å². The molecule has 0 heterocycles. The van der Waals surface area contributed by atoms with Crippen molar-refractivity contribution in [3.63, 3.8) is 0 Å². The molecule has 0 aliphatic rings. The molecule has 0 aromatic carbocycles. The Balaban J connectivity index is 5.55. The van der Waals surface area contributed by atoms with Gasteiger partial charge in [-0.05, 0) is 85.0 Å². The fraction of sp³-hybridized carbons (Fsp3) is 1.00. The molecule has 0 bridgehead atoms. The minimum absolute atomic E-state index is 0.859. The third-order valence-corrected chi connectivity index (χ3v) is 25.3. The maximum Gasteiger partial charge on any atom is 0.468 e. The van der Waals surface area contributed by atoms with E-state index in [-0.39, 0.29) is 0 Å². The van der Waals surface area contributed by atoms with Crippen LogP contribution in [0.2, 0.25) is 90.7 Å². The molecule has 0 aliphatic heterocycles. The summed E-state index contributed by atoms with van der Waals surface area (Å²) in [5, 5.41) is 0. The van der Waals surface area contributed by atoms with Gasteiger partial charge in [-0.15, -0.1) is 0 Å². The normalized spacial score (nSPS) is 13.9. The molecule has 0 unspecified atom stereocenters. The molecule has 0 aromatic rings. The highest BCUT2D eigenvalue weighted by Gasteiger charge is 2.46. The van der Waals surface area contributed by atoms with Crippen LogP contribution in [0.5, 0.6) is 0 Å². The van der Waals surface area contributed by atoms with E-state index in [4.69, 9.17) is 24.7 Å². The second-order valence-corrected chi connectivity index (χ2v) is 31.2. The van der Waals surface area contributed by atoms with Gasteiger partial charge in [0.25, 0.3) is 0 Å². The van der Waals surface area contributed by atoms with E-state index in [1.807, 2.05) is 0 Å². The number of hydrogen-bond donors (Lipinski definition) is 0. The van der Waals surface area contributed by atoms with Gasteiger partial charge in [0.15, 0.2) is 54.2 Å². The van der Waals surface area contributed by atoms with E-state index in [2.05, 4.69) is 78.6 Å². The Morgan fingerprint density at radius 1 is 0.379 bits per heavy atom. The average Bonchev–Trinajstić information content (AvgIpc) is 2.41. The fourth-order valence-corrected chi connectivity index (χ4v) is 29.2. The summed E-state index contributed by atoms with van der Waals surface area (Å²) in [7, 11) is -12.9. The van der Waals surface area contributed by atoms with Crippen LogP contribution in [0.1, 0.15) is 6.42 Å². The third-order valence-electron chi connectivity index (χ3n) is 3.46. The van der Waals surface area contributed by atoms with Gasteiger partial charge in [-0.2, -0.15) is 0 Å². The predicted octanol–water partition coefficient (Wildman–Crippen LogP) is 3.25. The highest BCUT2D eigenvalue weighted by molar-refractivity contribution is 6.81. The number of hydrogen-bond acceptors (Lipinski definition) is 6. The molecule has 0 N–H and O–H groups in total. The van der Waals surface area contributed by atoms with Crippen LogP contribution in [0.15, 0.2) is 0 Å². The van der Waals surface area contributed by atoms with Crippen molar-refractivity contribution >= 4 is 71.9 Å². The van der Waals surface area contributed by atoms with Crippen LogP contribution < -0.4 is 0 Å². The van der Waals surface area contributed by atoms with E-state index in [0.717, 1.165) is 18.5 Å². The van der Waals surface area contributed by atoms with Crippen molar-refractivity contribution in [2.45, 2.75) is 97.1 Å². The highest BCUT2D eigenvalue weighted by Crippen LogP contribution is 2.28. The smallest absolute Gasteiger partial charge is 0.420 e. The second kappa shape index (κ2) is 14.6. The average molecular weight is 549 g/mol. The van der Waals surface area contributed by atoms with Gasteiger partial charge in [0.2, 0.25) is 0 Å². The van der Waals surface area contributed by atoms with E-state index in [9.17, 15) is 0 Å². The molecule has 0 aromatic heterocycles. The van der Waals surface area contributed by atoms with Crippen LogP contribution in [0, 0.1) is 0 Å². The molecule has 29 heavy (non-hydrogen) atoms. The quantitative estimate of drug-likeness (QED) is 0.276. The lowest BCUT2D eigenvalue weighted by Crippen LogP contribution is -2.55. The summed E-state index contributed by atoms with van der Waals surface area (Å²) in [6, 6.07) is 1.72. The molecule has 0 spiro atoms. The Labute approximate surface area is 193 Å². The van der Waals surface area contributed by atoms with E-state index in [0.29, 0.717) is 0 Å². The molecule has 0 saturated heterocycles. The van der Waals surface area contributed by atoms with Crippen LogP contribution in [0.4, 0.5) is 0 Å². The van der Waals surface area contributed by atoms with Crippen LogP contribution in [-0.2, 0) is 24.7 Å². The summed E-state index contributed by atoms with van der Waals surface area (Å²) in [5.74, 6) is 0. The Kier molecular flexibility index (Phi) is 15.4. The molecular weight excluding hydrogens is 501 g/mol. The zero-order valence-corrected chi connectivity index (χ0v) is 30.0. The van der Waals surface area contributed by atoms with E-state index >= 15 is 0 Å². The lowest BCUT2D eigenvalue weighted by Gasteiger charge is -2.38. The van der Waals surface area contributed by atoms with Gasteiger partial charge >= 0.3 is 17.6 Å². The Morgan fingerprint density at radius 2 is 0.552 bits per heavy atom. The Hall–Kier alpha value is 1.50. The first-order chi connectivity index (χ1) is 13.2. The molecule has 0 saturated carbocycles. The van der Waals surface area contributed by atoms with Gasteiger partial charge in [0.1, 0.15) is 0 Å². The van der Waals surface area contributed by atoms with Gasteiger partial charge in [-0.1, -0.05) is 0 Å². The van der Waals surface area contributed by atoms with Crippen molar-refractivity contribution in [3.8, 4) is 0 Å². The molecule has 0 amide bonds. The molecule has 0 fully saturated rings. The largest absolute Gasteiger partial charge is 0.468 e. The lowest BCUT2D eigenvalue weighted by atomic mass is 10.6. The van der Waals surface area contributed by atoms with Crippen molar-refractivity contribution in [3.05, 3.63) is 0 Å². The zero-order valence-electron chi connectivity index (χ0n) is 21.0. The summed E-state index contributed by atoms with van der Waals surface area (Å²) in [6.45, 7) is 26.6. The minimum atomic E-state index is -2.63. The molecule has 0 aliphatic carbocycles. The first kappa shape index (κ1) is 30.5. The molecular formula is C15H48O6Si8.